The molecule has 162 valence electrons. The minimum Gasteiger partial charge on any atom is -0.497 e. The van der Waals surface area contributed by atoms with Crippen LogP contribution in [0.1, 0.15) is 0 Å². The third-order valence-electron chi connectivity index (χ3n) is 4.92. The number of hydrogen-bond acceptors (Lipinski definition) is 5. The third-order valence-corrected chi connectivity index (χ3v) is 6.16. The topological polar surface area (TPSA) is 60.2 Å². The molecule has 0 radical (unpaired) electrons. The summed E-state index contributed by atoms with van der Waals surface area (Å²) in [6.07, 6.45) is 0. The summed E-state index contributed by atoms with van der Waals surface area (Å²) in [6, 6.07) is 24.6. The summed E-state index contributed by atoms with van der Waals surface area (Å²) in [5.74, 6) is 1.52. The van der Waals surface area contributed by atoms with Gasteiger partial charge in [-0.15, -0.1) is 10.2 Å². The summed E-state index contributed by atoms with van der Waals surface area (Å²) >= 11 is 7.77. The zero-order valence-corrected chi connectivity index (χ0v) is 19.2. The maximum absolute atomic E-state index is 12.8. The van der Waals surface area contributed by atoms with Gasteiger partial charge in [0.1, 0.15) is 5.75 Å². The van der Waals surface area contributed by atoms with Crippen molar-refractivity contribution >= 4 is 35.0 Å². The second-order valence-electron chi connectivity index (χ2n) is 6.90. The van der Waals surface area contributed by atoms with Gasteiger partial charge < -0.3 is 9.64 Å². The van der Waals surface area contributed by atoms with Gasteiger partial charge in [0.25, 0.3) is 0 Å². The number of carbonyl (C=O) groups excluding carboxylic acids is 1. The summed E-state index contributed by atoms with van der Waals surface area (Å²) in [5, 5.41) is 9.94. The Morgan fingerprint density at radius 3 is 2.38 bits per heavy atom. The Morgan fingerprint density at radius 2 is 1.69 bits per heavy atom. The van der Waals surface area contributed by atoms with Gasteiger partial charge in [0.05, 0.1) is 17.9 Å². The van der Waals surface area contributed by atoms with Crippen molar-refractivity contribution in [2.24, 2.45) is 0 Å². The van der Waals surface area contributed by atoms with E-state index in [0.29, 0.717) is 16.0 Å². The SMILES string of the molecule is COc1ccc(-n2c(SCC(=O)N(C)c3ccccc3)nnc2-c2ccccc2Cl)cc1. The van der Waals surface area contributed by atoms with Crippen LogP contribution in [0, 0.1) is 0 Å². The molecule has 6 nitrogen and oxygen atoms in total. The minimum absolute atomic E-state index is 0.0372. The molecule has 0 saturated heterocycles. The van der Waals surface area contributed by atoms with Crippen LogP contribution in [0.3, 0.4) is 0 Å². The average molecular weight is 465 g/mol. The highest BCUT2D eigenvalue weighted by Gasteiger charge is 2.20. The molecule has 0 saturated carbocycles. The van der Waals surface area contributed by atoms with E-state index >= 15 is 0 Å². The Morgan fingerprint density at radius 1 is 1.00 bits per heavy atom. The van der Waals surface area contributed by atoms with E-state index in [0.717, 1.165) is 22.7 Å². The number of anilines is 1. The molecular formula is C24H21ClN4O2S. The lowest BCUT2D eigenvalue weighted by molar-refractivity contribution is -0.115. The van der Waals surface area contributed by atoms with Crippen molar-refractivity contribution in [2.75, 3.05) is 24.8 Å². The zero-order chi connectivity index (χ0) is 22.5. The molecule has 0 aliphatic carbocycles. The van der Waals surface area contributed by atoms with E-state index in [9.17, 15) is 4.79 Å². The van der Waals surface area contributed by atoms with E-state index in [1.54, 1.807) is 19.1 Å². The molecule has 3 aromatic carbocycles. The van der Waals surface area contributed by atoms with Crippen molar-refractivity contribution in [1.82, 2.24) is 14.8 Å². The fourth-order valence-corrected chi connectivity index (χ4v) is 4.25. The van der Waals surface area contributed by atoms with Crippen LogP contribution in [-0.4, -0.2) is 40.6 Å². The van der Waals surface area contributed by atoms with E-state index in [1.807, 2.05) is 83.4 Å². The monoisotopic (exact) mass is 464 g/mol. The molecule has 1 aromatic heterocycles. The van der Waals surface area contributed by atoms with E-state index in [2.05, 4.69) is 10.2 Å². The first-order valence-electron chi connectivity index (χ1n) is 9.87. The lowest BCUT2D eigenvalue weighted by atomic mass is 10.2. The number of carbonyl (C=O) groups is 1. The number of amides is 1. The molecule has 32 heavy (non-hydrogen) atoms. The molecule has 4 aromatic rings. The van der Waals surface area contributed by atoms with E-state index in [-0.39, 0.29) is 11.7 Å². The molecule has 0 unspecified atom stereocenters. The standard InChI is InChI=1S/C24H21ClN4O2S/c1-28(17-8-4-3-5-9-17)22(30)16-32-24-27-26-23(20-10-6-7-11-21(20)25)29(24)18-12-14-19(31-2)15-13-18/h3-15H,16H2,1-2H3. The maximum Gasteiger partial charge on any atom is 0.237 e. The number of nitrogens with zero attached hydrogens (tertiary/aromatic N) is 4. The van der Waals surface area contributed by atoms with Crippen molar-refractivity contribution < 1.29 is 9.53 Å². The largest absolute Gasteiger partial charge is 0.497 e. The first kappa shape index (κ1) is 21.9. The predicted molar refractivity (Wildman–Crippen MR) is 129 cm³/mol. The smallest absolute Gasteiger partial charge is 0.237 e. The Labute approximate surface area is 195 Å². The highest BCUT2D eigenvalue weighted by Crippen LogP contribution is 2.32. The Hall–Kier alpha value is -3.29. The molecule has 1 amide bonds. The number of hydrogen-bond donors (Lipinski definition) is 0. The molecule has 0 aliphatic rings. The first-order chi connectivity index (χ1) is 15.6. The number of ether oxygens (including phenoxy) is 1. The Balaban J connectivity index is 1.66. The van der Waals surface area contributed by atoms with Crippen molar-refractivity contribution in [2.45, 2.75) is 5.16 Å². The van der Waals surface area contributed by atoms with Crippen LogP contribution in [0.4, 0.5) is 5.69 Å². The summed E-state index contributed by atoms with van der Waals surface area (Å²) in [4.78, 5) is 14.4. The van der Waals surface area contributed by atoms with Gasteiger partial charge in [0.2, 0.25) is 5.91 Å². The number of para-hydroxylation sites is 1. The zero-order valence-electron chi connectivity index (χ0n) is 17.6. The van der Waals surface area contributed by atoms with Crippen molar-refractivity contribution in [3.63, 3.8) is 0 Å². The molecule has 0 aliphatic heterocycles. The number of benzene rings is 3. The van der Waals surface area contributed by atoms with Crippen molar-refractivity contribution in [3.05, 3.63) is 83.9 Å². The molecule has 4 rings (SSSR count). The van der Waals surface area contributed by atoms with Gasteiger partial charge in [0, 0.05) is 24.0 Å². The normalized spacial score (nSPS) is 10.7. The number of methoxy groups -OCH3 is 1. The van der Waals surface area contributed by atoms with E-state index in [4.69, 9.17) is 16.3 Å². The molecule has 0 fully saturated rings. The maximum atomic E-state index is 12.8. The van der Waals surface area contributed by atoms with Crippen molar-refractivity contribution in [3.8, 4) is 22.8 Å². The number of halogens is 1. The highest BCUT2D eigenvalue weighted by atomic mass is 35.5. The second-order valence-corrected chi connectivity index (χ2v) is 8.25. The van der Waals surface area contributed by atoms with E-state index in [1.165, 1.54) is 11.8 Å². The molecular weight excluding hydrogens is 444 g/mol. The lowest BCUT2D eigenvalue weighted by Gasteiger charge is -2.17. The van der Waals surface area contributed by atoms with Gasteiger partial charge in [-0.1, -0.05) is 53.7 Å². The predicted octanol–water partition coefficient (Wildman–Crippen LogP) is 5.35. The Kier molecular flexibility index (Phi) is 6.78. The summed E-state index contributed by atoms with van der Waals surface area (Å²) in [5.41, 5.74) is 2.45. The van der Waals surface area contributed by atoms with E-state index < -0.39 is 0 Å². The number of rotatable bonds is 7. The highest BCUT2D eigenvalue weighted by molar-refractivity contribution is 7.99. The molecule has 0 atom stereocenters. The molecule has 0 N–H and O–H groups in total. The molecule has 0 bridgehead atoms. The van der Waals surface area contributed by atoms with Gasteiger partial charge in [-0.25, -0.2) is 0 Å². The lowest BCUT2D eigenvalue weighted by Crippen LogP contribution is -2.27. The van der Waals surface area contributed by atoms with Gasteiger partial charge in [-0.3, -0.25) is 9.36 Å². The summed E-state index contributed by atoms with van der Waals surface area (Å²) in [7, 11) is 3.39. The molecule has 8 heteroatoms. The van der Waals surface area contributed by atoms with Crippen LogP contribution in [0.5, 0.6) is 5.75 Å². The summed E-state index contributed by atoms with van der Waals surface area (Å²) < 4.78 is 7.19. The van der Waals surface area contributed by atoms with Crippen molar-refractivity contribution in [1.29, 1.82) is 0 Å². The molecule has 0 spiro atoms. The fraction of sp³-hybridized carbons (Fsp3) is 0.125. The van der Waals surface area contributed by atoms with Gasteiger partial charge >= 0.3 is 0 Å². The third kappa shape index (κ3) is 4.64. The number of thioether (sulfide) groups is 1. The summed E-state index contributed by atoms with van der Waals surface area (Å²) in [6.45, 7) is 0. The van der Waals surface area contributed by atoms with Crippen LogP contribution < -0.4 is 9.64 Å². The van der Waals surface area contributed by atoms with Gasteiger partial charge in [-0.2, -0.15) is 0 Å². The number of aromatic nitrogens is 3. The molecule has 1 heterocycles. The first-order valence-corrected chi connectivity index (χ1v) is 11.2. The van der Waals surface area contributed by atoms with Crippen LogP contribution in [0.15, 0.2) is 84.0 Å². The fourth-order valence-electron chi connectivity index (χ4n) is 3.16. The quantitative estimate of drug-likeness (QED) is 0.345. The minimum atomic E-state index is -0.0372. The van der Waals surface area contributed by atoms with Gasteiger partial charge in [0.15, 0.2) is 11.0 Å². The second kappa shape index (κ2) is 9.89. The van der Waals surface area contributed by atoms with Crippen LogP contribution >= 0.6 is 23.4 Å². The van der Waals surface area contributed by atoms with Crippen LogP contribution in [0.25, 0.3) is 17.1 Å². The average Bonchev–Trinajstić information content (AvgIpc) is 3.26. The Bertz CT molecular complexity index is 1210. The van der Waals surface area contributed by atoms with Crippen LogP contribution in [-0.2, 0) is 4.79 Å². The van der Waals surface area contributed by atoms with Crippen LogP contribution in [0.2, 0.25) is 5.02 Å². The van der Waals surface area contributed by atoms with Gasteiger partial charge in [-0.05, 0) is 48.5 Å².